The number of aliphatic carboxylic acids is 1. The summed E-state index contributed by atoms with van der Waals surface area (Å²) in [6.45, 7) is 0. The van der Waals surface area contributed by atoms with Crippen LogP contribution in [0.2, 0.25) is 5.02 Å². The molecule has 0 unspecified atom stereocenters. The first kappa shape index (κ1) is 14.2. The highest BCUT2D eigenvalue weighted by Crippen LogP contribution is 2.23. The second kappa shape index (κ2) is 6.31. The lowest BCUT2D eigenvalue weighted by atomic mass is 10.1. The van der Waals surface area contributed by atoms with Crippen molar-refractivity contribution < 1.29 is 14.7 Å². The fraction of sp³-hybridized carbons (Fsp3) is 0.0909. The molecule has 0 aliphatic carbocycles. The van der Waals surface area contributed by atoms with Crippen LogP contribution in [0.1, 0.15) is 11.6 Å². The zero-order chi connectivity index (χ0) is 14.5. The Labute approximate surface area is 122 Å². The average molecular weight is 313 g/mol. The normalized spacial score (nSPS) is 11.7. The van der Waals surface area contributed by atoms with Crippen LogP contribution in [-0.4, -0.2) is 27.3 Å². The Morgan fingerprint density at radius 3 is 2.70 bits per heavy atom. The third-order valence-electron chi connectivity index (χ3n) is 2.32. The summed E-state index contributed by atoms with van der Waals surface area (Å²) in [4.78, 5) is 23.0. The third kappa shape index (κ3) is 3.43. The van der Waals surface area contributed by atoms with Crippen LogP contribution in [0.15, 0.2) is 29.8 Å². The van der Waals surface area contributed by atoms with E-state index in [0.29, 0.717) is 5.56 Å². The van der Waals surface area contributed by atoms with Gasteiger partial charge in [-0.05, 0) is 6.07 Å². The van der Waals surface area contributed by atoms with Crippen molar-refractivity contribution in [3.63, 3.8) is 0 Å². The van der Waals surface area contributed by atoms with Gasteiger partial charge < -0.3 is 10.4 Å². The topological polar surface area (TPSA) is 104 Å². The number of amides is 2. The van der Waals surface area contributed by atoms with Crippen molar-refractivity contribution in [2.24, 2.45) is 0 Å². The van der Waals surface area contributed by atoms with Gasteiger partial charge in [-0.15, -0.1) is 10.2 Å². The molecule has 0 fully saturated rings. The number of anilines is 1. The van der Waals surface area contributed by atoms with Gasteiger partial charge in [0.2, 0.25) is 5.13 Å². The van der Waals surface area contributed by atoms with E-state index in [-0.39, 0.29) is 10.2 Å². The molecule has 3 N–H and O–H groups in total. The molecule has 0 aliphatic heterocycles. The Bertz CT molecular complexity index is 620. The van der Waals surface area contributed by atoms with Gasteiger partial charge in [-0.2, -0.15) is 0 Å². The monoisotopic (exact) mass is 312 g/mol. The Morgan fingerprint density at radius 2 is 2.10 bits per heavy atom. The van der Waals surface area contributed by atoms with E-state index in [2.05, 4.69) is 20.8 Å². The lowest BCUT2D eigenvalue weighted by Gasteiger charge is -2.15. The summed E-state index contributed by atoms with van der Waals surface area (Å²) in [7, 11) is 0. The first-order valence-corrected chi connectivity index (χ1v) is 6.64. The summed E-state index contributed by atoms with van der Waals surface area (Å²) in [5.41, 5.74) is 1.74. The SMILES string of the molecule is O=C(Nc1nncs1)N[C@@H](C(=O)O)c1ccccc1Cl. The fourth-order valence-corrected chi connectivity index (χ4v) is 2.16. The fourth-order valence-electron chi connectivity index (χ4n) is 1.47. The largest absolute Gasteiger partial charge is 0.479 e. The highest BCUT2D eigenvalue weighted by molar-refractivity contribution is 7.13. The van der Waals surface area contributed by atoms with E-state index in [0.717, 1.165) is 11.3 Å². The average Bonchev–Trinajstić information content (AvgIpc) is 2.89. The summed E-state index contributed by atoms with van der Waals surface area (Å²) in [6.07, 6.45) is 0. The number of carboxylic acid groups (broad SMARTS) is 1. The molecular weight excluding hydrogens is 304 g/mol. The van der Waals surface area contributed by atoms with Crippen LogP contribution in [0.5, 0.6) is 0 Å². The van der Waals surface area contributed by atoms with E-state index in [1.54, 1.807) is 18.2 Å². The van der Waals surface area contributed by atoms with Crippen molar-refractivity contribution in [3.8, 4) is 0 Å². The highest BCUT2D eigenvalue weighted by atomic mass is 35.5. The minimum atomic E-state index is -1.25. The van der Waals surface area contributed by atoms with E-state index in [1.165, 1.54) is 11.6 Å². The molecular formula is C11H9ClN4O3S. The number of hydrogen-bond acceptors (Lipinski definition) is 5. The van der Waals surface area contributed by atoms with Gasteiger partial charge in [0.25, 0.3) is 0 Å². The highest BCUT2D eigenvalue weighted by Gasteiger charge is 2.24. The number of halogens is 1. The first-order valence-electron chi connectivity index (χ1n) is 5.39. The van der Waals surface area contributed by atoms with Crippen molar-refractivity contribution in [1.29, 1.82) is 0 Å². The molecule has 2 aromatic rings. The molecule has 1 aromatic carbocycles. The Balaban J connectivity index is 2.12. The van der Waals surface area contributed by atoms with Crippen LogP contribution in [-0.2, 0) is 4.79 Å². The summed E-state index contributed by atoms with van der Waals surface area (Å²) in [6, 6.07) is 4.45. The van der Waals surface area contributed by atoms with Gasteiger partial charge in [-0.1, -0.05) is 41.1 Å². The van der Waals surface area contributed by atoms with E-state index in [9.17, 15) is 14.7 Å². The van der Waals surface area contributed by atoms with E-state index < -0.39 is 18.0 Å². The van der Waals surface area contributed by atoms with Crippen LogP contribution in [0.25, 0.3) is 0 Å². The Hall–Kier alpha value is -2.19. The van der Waals surface area contributed by atoms with E-state index in [4.69, 9.17) is 11.6 Å². The number of urea groups is 1. The lowest BCUT2D eigenvalue weighted by molar-refractivity contribution is -0.139. The number of hydrogen-bond donors (Lipinski definition) is 3. The standard InChI is InChI=1S/C11H9ClN4O3S/c12-7-4-2-1-3-6(7)8(9(17)18)14-10(19)15-11-16-13-5-20-11/h1-5,8H,(H,17,18)(H2,14,15,16,19)/t8-/m1/s1. The molecule has 0 aliphatic rings. The number of benzene rings is 1. The minimum absolute atomic E-state index is 0.260. The molecule has 7 nitrogen and oxygen atoms in total. The molecule has 0 radical (unpaired) electrons. The number of carbonyl (C=O) groups excluding carboxylic acids is 1. The van der Waals surface area contributed by atoms with Gasteiger partial charge in [-0.25, -0.2) is 9.59 Å². The maximum Gasteiger partial charge on any atom is 0.331 e. The number of nitrogens with zero attached hydrogens (tertiary/aromatic N) is 2. The van der Waals surface area contributed by atoms with Crippen molar-refractivity contribution in [3.05, 3.63) is 40.4 Å². The van der Waals surface area contributed by atoms with Gasteiger partial charge in [0, 0.05) is 10.6 Å². The van der Waals surface area contributed by atoms with E-state index >= 15 is 0 Å². The van der Waals surface area contributed by atoms with Crippen LogP contribution in [0.4, 0.5) is 9.93 Å². The number of aromatic nitrogens is 2. The molecule has 1 atom stereocenters. The molecule has 20 heavy (non-hydrogen) atoms. The zero-order valence-corrected chi connectivity index (χ0v) is 11.5. The number of rotatable bonds is 4. The summed E-state index contributed by atoms with van der Waals surface area (Å²) in [5, 5.41) is 21.6. The Morgan fingerprint density at radius 1 is 1.35 bits per heavy atom. The molecule has 9 heteroatoms. The second-order valence-electron chi connectivity index (χ2n) is 3.64. The summed E-state index contributed by atoms with van der Waals surface area (Å²) >= 11 is 7.05. The Kier molecular flexibility index (Phi) is 4.49. The number of carboxylic acids is 1. The lowest BCUT2D eigenvalue weighted by Crippen LogP contribution is -2.36. The predicted octanol–water partition coefficient (Wildman–Crippen LogP) is 2.14. The predicted molar refractivity (Wildman–Crippen MR) is 73.9 cm³/mol. The molecule has 2 amide bonds. The maximum atomic E-state index is 11.7. The van der Waals surface area contributed by atoms with Crippen LogP contribution >= 0.6 is 22.9 Å². The zero-order valence-electron chi connectivity index (χ0n) is 9.91. The van der Waals surface area contributed by atoms with Crippen LogP contribution < -0.4 is 10.6 Å². The van der Waals surface area contributed by atoms with E-state index in [1.807, 2.05) is 0 Å². The van der Waals surface area contributed by atoms with Gasteiger partial charge >= 0.3 is 12.0 Å². The molecule has 2 rings (SSSR count). The molecule has 104 valence electrons. The van der Waals surface area contributed by atoms with Crippen LogP contribution in [0, 0.1) is 0 Å². The molecule has 1 heterocycles. The smallest absolute Gasteiger partial charge is 0.331 e. The minimum Gasteiger partial charge on any atom is -0.479 e. The maximum absolute atomic E-state index is 11.7. The van der Waals surface area contributed by atoms with Gasteiger partial charge in [0.15, 0.2) is 6.04 Å². The van der Waals surface area contributed by atoms with Gasteiger partial charge in [0.05, 0.1) is 0 Å². The molecule has 0 saturated heterocycles. The van der Waals surface area contributed by atoms with Crippen molar-refractivity contribution in [1.82, 2.24) is 15.5 Å². The quantitative estimate of drug-likeness (QED) is 0.802. The molecule has 0 saturated carbocycles. The van der Waals surface area contributed by atoms with Crippen molar-refractivity contribution in [2.75, 3.05) is 5.32 Å². The summed E-state index contributed by atoms with van der Waals surface area (Å²) < 4.78 is 0. The summed E-state index contributed by atoms with van der Waals surface area (Å²) in [5.74, 6) is -1.22. The van der Waals surface area contributed by atoms with Crippen molar-refractivity contribution in [2.45, 2.75) is 6.04 Å². The van der Waals surface area contributed by atoms with Gasteiger partial charge in [-0.3, -0.25) is 5.32 Å². The third-order valence-corrected chi connectivity index (χ3v) is 3.27. The number of nitrogens with one attached hydrogen (secondary N) is 2. The first-order chi connectivity index (χ1) is 9.58. The molecule has 0 bridgehead atoms. The van der Waals surface area contributed by atoms with Crippen molar-refractivity contribution >= 4 is 40.1 Å². The van der Waals surface area contributed by atoms with Crippen LogP contribution in [0.3, 0.4) is 0 Å². The number of carbonyl (C=O) groups is 2. The second-order valence-corrected chi connectivity index (χ2v) is 4.88. The molecule has 1 aromatic heterocycles. The molecule has 0 spiro atoms. The van der Waals surface area contributed by atoms with Gasteiger partial charge in [0.1, 0.15) is 5.51 Å².